The molecule has 7 unspecified atom stereocenters. The molecule has 1 heterocycles. The Labute approximate surface area is 341 Å². The Kier molecular flexibility index (Phi) is 33.1. The van der Waals surface area contributed by atoms with Crippen molar-refractivity contribution in [1.29, 1.82) is 0 Å². The Morgan fingerprint density at radius 3 is 1.43 bits per heavy atom. The highest BCUT2D eigenvalue weighted by Gasteiger charge is 2.48. The summed E-state index contributed by atoms with van der Waals surface area (Å²) in [7, 11) is -5.07. The highest BCUT2D eigenvalue weighted by molar-refractivity contribution is 7.80. The zero-order valence-electron chi connectivity index (χ0n) is 35.5. The Morgan fingerprint density at radius 2 is 1.04 bits per heavy atom. The molecule has 1 amide bonds. The van der Waals surface area contributed by atoms with E-state index in [0.717, 1.165) is 51.4 Å². The van der Waals surface area contributed by atoms with Crippen LogP contribution in [-0.2, 0) is 28.9 Å². The Hall–Kier alpha value is -0.900. The summed E-state index contributed by atoms with van der Waals surface area (Å²) in [6.07, 6.45) is 26.7. The highest BCUT2D eigenvalue weighted by atomic mass is 32.3. The minimum absolute atomic E-state index is 0.227. The molecule has 0 radical (unpaired) electrons. The van der Waals surface area contributed by atoms with Crippen molar-refractivity contribution < 1.29 is 51.8 Å². The van der Waals surface area contributed by atoms with Gasteiger partial charge in [-0.3, -0.25) is 9.35 Å². The molecule has 13 heteroatoms. The lowest BCUT2D eigenvalue weighted by atomic mass is 9.99. The molecule has 334 valence electrons. The summed E-state index contributed by atoms with van der Waals surface area (Å²) in [6.45, 7) is 3.45. The average Bonchev–Trinajstić information content (AvgIpc) is 3.16. The number of carbonyl (C=O) groups is 1. The van der Waals surface area contributed by atoms with Gasteiger partial charge in [0.1, 0.15) is 24.4 Å². The fourth-order valence-corrected chi connectivity index (χ4v) is 8.09. The normalized spacial score (nSPS) is 21.3. The Bertz CT molecular complexity index is 1020. The molecular weight excluding hydrogens is 739 g/mol. The van der Waals surface area contributed by atoms with Gasteiger partial charge in [-0.15, -0.1) is 0 Å². The average molecular weight is 824 g/mol. The fourth-order valence-electron chi connectivity index (χ4n) is 7.58. The monoisotopic (exact) mass is 824 g/mol. The maximum atomic E-state index is 13.0. The van der Waals surface area contributed by atoms with E-state index in [4.69, 9.17) is 9.47 Å². The standard InChI is InChI=1S/C43H85NO11S/c1-3-5-7-9-11-13-15-17-19-21-23-25-27-29-31-33-39(47)44-36(35-53-43-41(49)42(55-56(50,51)52)40(48)38(34-45)54-43)37(46)32-30-28-26-24-22-20-18-16-14-12-10-8-6-4-2/h36-38,40-43,45-46,48-49H,3-35H2,1-2H3,(H,44,47)(H,50,51,52). The molecule has 1 aliphatic rings. The first-order valence-electron chi connectivity index (χ1n) is 22.9. The van der Waals surface area contributed by atoms with Gasteiger partial charge in [-0.2, -0.15) is 8.42 Å². The van der Waals surface area contributed by atoms with Crippen LogP contribution >= 0.6 is 0 Å². The summed E-state index contributed by atoms with van der Waals surface area (Å²) in [5, 5.41) is 44.8. The predicted octanol–water partition coefficient (Wildman–Crippen LogP) is 8.61. The summed E-state index contributed by atoms with van der Waals surface area (Å²) in [5.41, 5.74) is 0. The molecule has 56 heavy (non-hydrogen) atoms. The molecule has 1 aliphatic heterocycles. The van der Waals surface area contributed by atoms with Crippen molar-refractivity contribution in [2.45, 2.75) is 256 Å². The second-order valence-electron chi connectivity index (χ2n) is 16.4. The lowest BCUT2D eigenvalue weighted by Gasteiger charge is -2.41. The molecule has 0 spiro atoms. The number of hydrogen-bond acceptors (Lipinski definition) is 10. The van der Waals surface area contributed by atoms with Crippen LogP contribution in [0.5, 0.6) is 0 Å². The van der Waals surface area contributed by atoms with Gasteiger partial charge in [-0.1, -0.05) is 194 Å². The molecule has 12 nitrogen and oxygen atoms in total. The van der Waals surface area contributed by atoms with Crippen molar-refractivity contribution in [2.24, 2.45) is 0 Å². The van der Waals surface area contributed by atoms with Crippen LogP contribution in [0.2, 0.25) is 0 Å². The van der Waals surface area contributed by atoms with Gasteiger partial charge in [0.15, 0.2) is 6.29 Å². The van der Waals surface area contributed by atoms with Crippen molar-refractivity contribution in [3.8, 4) is 0 Å². The number of nitrogens with one attached hydrogen (secondary N) is 1. The first-order valence-corrected chi connectivity index (χ1v) is 24.3. The van der Waals surface area contributed by atoms with E-state index >= 15 is 0 Å². The predicted molar refractivity (Wildman–Crippen MR) is 223 cm³/mol. The van der Waals surface area contributed by atoms with E-state index in [1.165, 1.54) is 135 Å². The third-order valence-electron chi connectivity index (χ3n) is 11.2. The molecule has 1 fully saturated rings. The number of ether oxygens (including phenoxy) is 2. The van der Waals surface area contributed by atoms with Gasteiger partial charge in [0.2, 0.25) is 5.91 Å². The molecule has 0 aliphatic carbocycles. The Morgan fingerprint density at radius 1 is 0.643 bits per heavy atom. The third kappa shape index (κ3) is 27.7. The third-order valence-corrected chi connectivity index (χ3v) is 11.6. The maximum absolute atomic E-state index is 13.0. The number of aliphatic hydroxyl groups is 4. The molecule has 1 rings (SSSR count). The van der Waals surface area contributed by atoms with Gasteiger partial charge in [-0.05, 0) is 12.8 Å². The van der Waals surface area contributed by atoms with Gasteiger partial charge in [-0.25, -0.2) is 4.18 Å². The van der Waals surface area contributed by atoms with E-state index < -0.39 is 59.9 Å². The van der Waals surface area contributed by atoms with Crippen molar-refractivity contribution in [3.05, 3.63) is 0 Å². The first kappa shape index (κ1) is 53.1. The van der Waals surface area contributed by atoms with Crippen LogP contribution in [0.25, 0.3) is 0 Å². The lowest BCUT2D eigenvalue weighted by molar-refractivity contribution is -0.298. The SMILES string of the molecule is CCCCCCCCCCCCCCCCCC(=O)NC(COC1OC(CO)C(O)C(OS(=O)(=O)O)C1O)C(O)CCCCCCCCCCCCCCCC. The summed E-state index contributed by atoms with van der Waals surface area (Å²) in [5.74, 6) is -0.227. The Balaban J connectivity index is 2.50. The lowest BCUT2D eigenvalue weighted by Crippen LogP contribution is -2.61. The fraction of sp³-hybridized carbons (Fsp3) is 0.977. The van der Waals surface area contributed by atoms with Crippen LogP contribution in [0.1, 0.15) is 213 Å². The van der Waals surface area contributed by atoms with E-state index in [9.17, 15) is 38.2 Å². The number of aliphatic hydroxyl groups excluding tert-OH is 4. The van der Waals surface area contributed by atoms with Gasteiger partial charge in [0.05, 0.1) is 25.4 Å². The summed E-state index contributed by atoms with van der Waals surface area (Å²) in [6, 6.07) is -0.850. The second kappa shape index (κ2) is 34.9. The van der Waals surface area contributed by atoms with Crippen LogP contribution in [0.3, 0.4) is 0 Å². The molecule has 1 saturated heterocycles. The topological polar surface area (TPSA) is 192 Å². The van der Waals surface area contributed by atoms with Crippen LogP contribution in [0.15, 0.2) is 0 Å². The van der Waals surface area contributed by atoms with E-state index in [1.54, 1.807) is 0 Å². The van der Waals surface area contributed by atoms with E-state index in [2.05, 4.69) is 23.3 Å². The molecule has 0 bridgehead atoms. The molecule has 7 atom stereocenters. The summed E-state index contributed by atoms with van der Waals surface area (Å²) in [4.78, 5) is 13.0. The molecule has 0 saturated carbocycles. The largest absolute Gasteiger partial charge is 0.397 e. The molecule has 6 N–H and O–H groups in total. The van der Waals surface area contributed by atoms with Crippen molar-refractivity contribution >= 4 is 16.3 Å². The number of amides is 1. The molecule has 0 aromatic rings. The minimum Gasteiger partial charge on any atom is -0.394 e. The zero-order valence-corrected chi connectivity index (χ0v) is 36.3. The van der Waals surface area contributed by atoms with Gasteiger partial charge >= 0.3 is 10.4 Å². The van der Waals surface area contributed by atoms with Crippen LogP contribution < -0.4 is 5.32 Å². The quantitative estimate of drug-likeness (QED) is 0.0257. The molecule has 0 aromatic heterocycles. The van der Waals surface area contributed by atoms with E-state index in [1.807, 2.05) is 0 Å². The minimum atomic E-state index is -5.07. The number of carbonyl (C=O) groups excluding carboxylic acids is 1. The van der Waals surface area contributed by atoms with E-state index in [0.29, 0.717) is 12.8 Å². The smallest absolute Gasteiger partial charge is 0.394 e. The maximum Gasteiger partial charge on any atom is 0.397 e. The summed E-state index contributed by atoms with van der Waals surface area (Å²) < 4.78 is 47.6. The molecular formula is C43H85NO11S. The summed E-state index contributed by atoms with van der Waals surface area (Å²) >= 11 is 0. The number of hydrogen-bond donors (Lipinski definition) is 6. The van der Waals surface area contributed by atoms with Gasteiger partial charge in [0, 0.05) is 6.42 Å². The van der Waals surface area contributed by atoms with Gasteiger partial charge < -0.3 is 35.2 Å². The van der Waals surface area contributed by atoms with Crippen molar-refractivity contribution in [1.82, 2.24) is 5.32 Å². The highest BCUT2D eigenvalue weighted by Crippen LogP contribution is 2.26. The zero-order chi connectivity index (χ0) is 41.3. The first-order chi connectivity index (χ1) is 27.0. The van der Waals surface area contributed by atoms with Crippen LogP contribution in [-0.4, -0.2) is 95.4 Å². The van der Waals surface area contributed by atoms with Crippen molar-refractivity contribution in [3.63, 3.8) is 0 Å². The van der Waals surface area contributed by atoms with E-state index in [-0.39, 0.29) is 12.5 Å². The van der Waals surface area contributed by atoms with Gasteiger partial charge in [0.25, 0.3) is 0 Å². The molecule has 0 aromatic carbocycles. The second-order valence-corrected chi connectivity index (χ2v) is 17.4. The van der Waals surface area contributed by atoms with Crippen molar-refractivity contribution in [2.75, 3.05) is 13.2 Å². The van der Waals surface area contributed by atoms with Crippen LogP contribution in [0.4, 0.5) is 0 Å². The van der Waals surface area contributed by atoms with Crippen LogP contribution in [0, 0.1) is 0 Å². The number of unbranched alkanes of at least 4 members (excludes halogenated alkanes) is 27. The number of rotatable bonds is 39.